The van der Waals surface area contributed by atoms with Crippen molar-refractivity contribution in [2.45, 2.75) is 83.0 Å². The van der Waals surface area contributed by atoms with Gasteiger partial charge in [0, 0.05) is 0 Å². The summed E-state index contributed by atoms with van der Waals surface area (Å²) >= 11 is 0. The van der Waals surface area contributed by atoms with Gasteiger partial charge < -0.3 is 14.0 Å². The van der Waals surface area contributed by atoms with E-state index in [1.54, 1.807) is 0 Å². The highest BCUT2D eigenvalue weighted by atomic mass is 16.7. The van der Waals surface area contributed by atoms with Gasteiger partial charge in [-0.3, -0.25) is 0 Å². The molecule has 0 aromatic carbocycles. The fraction of sp³-hybridized carbons (Fsp3) is 0.875. The summed E-state index contributed by atoms with van der Waals surface area (Å²) in [5.41, 5.74) is 0.902. The van der Waals surface area contributed by atoms with Crippen LogP contribution in [0.2, 0.25) is 0 Å². The minimum Gasteiger partial charge on any atom is -0.400 e. The van der Waals surface area contributed by atoms with Crippen molar-refractivity contribution in [3.8, 4) is 0 Å². The van der Waals surface area contributed by atoms with Crippen LogP contribution < -0.4 is 0 Å². The normalized spacial score (nSPS) is 33.2. The van der Waals surface area contributed by atoms with E-state index in [0.717, 1.165) is 13.0 Å². The first-order valence-corrected chi connectivity index (χ1v) is 8.06. The van der Waals surface area contributed by atoms with Crippen LogP contribution in [0.25, 0.3) is 0 Å². The summed E-state index contributed by atoms with van der Waals surface area (Å²) in [5.74, 6) is 2.20. The molecule has 0 unspecified atom stereocenters. The van der Waals surface area contributed by atoms with E-state index in [2.05, 4.69) is 33.7 Å². The van der Waals surface area contributed by atoms with Crippen molar-refractivity contribution < 1.29 is 14.0 Å². The average Bonchev–Trinajstić information content (AvgIpc) is 2.80. The van der Waals surface area contributed by atoms with E-state index in [-0.39, 0.29) is 23.9 Å². The van der Waals surface area contributed by atoms with E-state index in [4.69, 9.17) is 14.0 Å². The van der Waals surface area contributed by atoms with E-state index < -0.39 is 0 Å². The van der Waals surface area contributed by atoms with Gasteiger partial charge in [0.2, 0.25) is 0 Å². The van der Waals surface area contributed by atoms with Crippen molar-refractivity contribution in [3.05, 3.63) is 11.5 Å². The molecule has 3 nitrogen and oxygen atoms in total. The van der Waals surface area contributed by atoms with Crippen LogP contribution in [0.4, 0.5) is 0 Å². The number of hydrogen-bond acceptors (Lipinski definition) is 3. The van der Waals surface area contributed by atoms with Gasteiger partial charge in [-0.2, -0.15) is 0 Å². The van der Waals surface area contributed by atoms with E-state index in [9.17, 15) is 0 Å². The molecule has 0 radical (unpaired) electrons. The van der Waals surface area contributed by atoms with Gasteiger partial charge in [-0.15, -0.1) is 0 Å². The average molecular weight is 278 g/mol. The SMILES string of the molecule is CC1(C)OB(/C=C2\CCOC23CCCCC3)OC1(C)C. The fourth-order valence-electron chi connectivity index (χ4n) is 3.62. The van der Waals surface area contributed by atoms with Gasteiger partial charge in [0.25, 0.3) is 0 Å². The lowest BCUT2D eigenvalue weighted by Gasteiger charge is -2.34. The predicted octanol–water partition coefficient (Wildman–Crippen LogP) is 3.67. The standard InChI is InChI=1S/C16H27BO3/c1-14(2)15(3,4)20-17(19-14)12-13-8-11-18-16(13)9-6-5-7-10-16/h12H,5-11H2,1-4H3/b13-12+. The third kappa shape index (κ3) is 2.36. The fourth-order valence-corrected chi connectivity index (χ4v) is 3.62. The third-order valence-electron chi connectivity index (χ3n) is 5.60. The molecule has 20 heavy (non-hydrogen) atoms. The van der Waals surface area contributed by atoms with Crippen molar-refractivity contribution in [2.75, 3.05) is 6.61 Å². The first-order chi connectivity index (χ1) is 9.35. The van der Waals surface area contributed by atoms with Crippen LogP contribution in [0.1, 0.15) is 66.2 Å². The van der Waals surface area contributed by atoms with Crippen LogP contribution in [-0.2, 0) is 14.0 Å². The second kappa shape index (κ2) is 4.86. The zero-order valence-electron chi connectivity index (χ0n) is 13.3. The van der Waals surface area contributed by atoms with Crippen LogP contribution in [0, 0.1) is 0 Å². The topological polar surface area (TPSA) is 27.7 Å². The highest BCUT2D eigenvalue weighted by Crippen LogP contribution is 2.44. The summed E-state index contributed by atoms with van der Waals surface area (Å²) in [7, 11) is -0.226. The van der Waals surface area contributed by atoms with Gasteiger partial charge in [0.15, 0.2) is 0 Å². The molecule has 4 heteroatoms. The molecule has 0 atom stereocenters. The predicted molar refractivity (Wildman–Crippen MR) is 80.6 cm³/mol. The van der Waals surface area contributed by atoms with E-state index in [1.807, 2.05) is 0 Å². The molecule has 1 aliphatic carbocycles. The van der Waals surface area contributed by atoms with E-state index in [1.165, 1.54) is 37.7 Å². The molecule has 112 valence electrons. The molecule has 2 aliphatic heterocycles. The summed E-state index contributed by atoms with van der Waals surface area (Å²) in [6.07, 6.45) is 7.26. The van der Waals surface area contributed by atoms with Crippen molar-refractivity contribution in [1.29, 1.82) is 0 Å². The molecule has 0 N–H and O–H groups in total. The Hall–Kier alpha value is -0.315. The summed E-state index contributed by atoms with van der Waals surface area (Å²) < 4.78 is 18.3. The Labute approximate surface area is 123 Å². The van der Waals surface area contributed by atoms with Crippen molar-refractivity contribution in [3.63, 3.8) is 0 Å². The molecule has 0 aromatic rings. The van der Waals surface area contributed by atoms with Crippen molar-refractivity contribution in [2.24, 2.45) is 0 Å². The Bertz CT molecular complexity index is 392. The minimum absolute atomic E-state index is 0.00183. The summed E-state index contributed by atoms with van der Waals surface area (Å²) in [6.45, 7) is 9.27. The lowest BCUT2D eigenvalue weighted by atomic mass is 9.74. The van der Waals surface area contributed by atoms with Gasteiger partial charge in [-0.1, -0.05) is 25.2 Å². The van der Waals surface area contributed by atoms with Crippen molar-refractivity contribution >= 4 is 7.12 Å². The van der Waals surface area contributed by atoms with Gasteiger partial charge >= 0.3 is 7.12 Å². The first-order valence-electron chi connectivity index (χ1n) is 8.06. The molecule has 0 aromatic heterocycles. The molecule has 1 saturated carbocycles. The third-order valence-corrected chi connectivity index (χ3v) is 5.60. The van der Waals surface area contributed by atoms with Crippen LogP contribution in [-0.4, -0.2) is 30.5 Å². The molecular formula is C16H27BO3. The minimum atomic E-state index is -0.256. The second-order valence-corrected chi connectivity index (χ2v) is 7.47. The molecule has 2 saturated heterocycles. The summed E-state index contributed by atoms with van der Waals surface area (Å²) in [4.78, 5) is 0. The van der Waals surface area contributed by atoms with E-state index in [0.29, 0.717) is 0 Å². The zero-order chi connectivity index (χ0) is 14.4. The van der Waals surface area contributed by atoms with Crippen LogP contribution in [0.3, 0.4) is 0 Å². The molecule has 1 spiro atoms. The smallest absolute Gasteiger partial charge is 0.400 e. The lowest BCUT2D eigenvalue weighted by Crippen LogP contribution is -2.41. The van der Waals surface area contributed by atoms with Gasteiger partial charge in [0.1, 0.15) is 0 Å². The molecular weight excluding hydrogens is 251 g/mol. The molecule has 3 aliphatic rings. The monoisotopic (exact) mass is 278 g/mol. The number of rotatable bonds is 1. The van der Waals surface area contributed by atoms with Gasteiger partial charge in [0.05, 0.1) is 23.4 Å². The van der Waals surface area contributed by atoms with Crippen LogP contribution in [0.15, 0.2) is 11.5 Å². The Kier molecular flexibility index (Phi) is 3.55. The van der Waals surface area contributed by atoms with Crippen molar-refractivity contribution in [1.82, 2.24) is 0 Å². The molecule has 0 bridgehead atoms. The number of hydrogen-bond donors (Lipinski definition) is 0. The quantitative estimate of drug-likeness (QED) is 0.685. The zero-order valence-corrected chi connectivity index (χ0v) is 13.3. The molecule has 3 fully saturated rings. The second-order valence-electron chi connectivity index (χ2n) is 7.47. The first kappa shape index (κ1) is 14.6. The molecule has 3 rings (SSSR count). The highest BCUT2D eigenvalue weighted by Gasteiger charge is 2.51. The lowest BCUT2D eigenvalue weighted by molar-refractivity contribution is -0.00398. The Balaban J connectivity index is 1.79. The van der Waals surface area contributed by atoms with Gasteiger partial charge in [-0.05, 0) is 52.5 Å². The summed E-state index contributed by atoms with van der Waals surface area (Å²) in [5, 5.41) is 0. The molecule has 0 amide bonds. The maximum absolute atomic E-state index is 6.13. The largest absolute Gasteiger partial charge is 0.487 e. The Morgan fingerprint density at radius 3 is 2.15 bits per heavy atom. The maximum Gasteiger partial charge on any atom is 0.487 e. The Morgan fingerprint density at radius 1 is 0.950 bits per heavy atom. The summed E-state index contributed by atoms with van der Waals surface area (Å²) in [6, 6.07) is 0. The highest BCUT2D eigenvalue weighted by molar-refractivity contribution is 6.51. The Morgan fingerprint density at radius 2 is 1.55 bits per heavy atom. The molecule has 2 heterocycles. The number of ether oxygens (including phenoxy) is 1. The maximum atomic E-state index is 6.13. The van der Waals surface area contributed by atoms with E-state index >= 15 is 0 Å². The van der Waals surface area contributed by atoms with Crippen LogP contribution >= 0.6 is 0 Å². The van der Waals surface area contributed by atoms with Crippen LogP contribution in [0.5, 0.6) is 0 Å². The van der Waals surface area contributed by atoms with Gasteiger partial charge in [-0.25, -0.2) is 0 Å².